The van der Waals surface area contributed by atoms with Crippen LogP contribution in [-0.4, -0.2) is 12.5 Å². The summed E-state index contributed by atoms with van der Waals surface area (Å²) in [5, 5.41) is 1.09. The third-order valence-corrected chi connectivity index (χ3v) is 4.79. The fourth-order valence-electron chi connectivity index (χ4n) is 2.43. The maximum atomic E-state index is 6.34. The highest BCUT2D eigenvalue weighted by Crippen LogP contribution is 2.37. The molecule has 0 bridgehead atoms. The molecule has 2 N–H and O–H groups in total. The zero-order valence-electron chi connectivity index (χ0n) is 10.9. The molecule has 0 saturated heterocycles. The van der Waals surface area contributed by atoms with Crippen LogP contribution in [0.25, 0.3) is 0 Å². The Bertz CT molecular complexity index is 701. The summed E-state index contributed by atoms with van der Waals surface area (Å²) in [5.41, 5.74) is 7.95. The molecule has 2 aromatic carbocycles. The van der Waals surface area contributed by atoms with E-state index < -0.39 is 0 Å². The van der Waals surface area contributed by atoms with E-state index in [0.717, 1.165) is 15.7 Å². The van der Waals surface area contributed by atoms with Crippen molar-refractivity contribution in [1.82, 2.24) is 0 Å². The van der Waals surface area contributed by atoms with Gasteiger partial charge in [-0.05, 0) is 35.9 Å². The molecule has 1 unspecified atom stereocenters. The molecule has 108 valence electrons. The van der Waals surface area contributed by atoms with Gasteiger partial charge < -0.3 is 10.6 Å². The first kappa shape index (κ1) is 14.7. The Morgan fingerprint density at radius 2 is 1.86 bits per heavy atom. The van der Waals surface area contributed by atoms with Crippen molar-refractivity contribution in [3.8, 4) is 0 Å². The molecule has 0 aromatic heterocycles. The summed E-state index contributed by atoms with van der Waals surface area (Å²) in [4.78, 5) is 6.33. The normalized spacial score (nSPS) is 18.0. The van der Waals surface area contributed by atoms with Crippen LogP contribution in [0, 0.1) is 0 Å². The Morgan fingerprint density at radius 3 is 2.57 bits per heavy atom. The molecular formula is C15H12BrCl2N3. The van der Waals surface area contributed by atoms with E-state index in [-0.39, 0.29) is 6.04 Å². The summed E-state index contributed by atoms with van der Waals surface area (Å²) in [7, 11) is 0. The first-order chi connectivity index (χ1) is 10.1. The van der Waals surface area contributed by atoms with Crippen molar-refractivity contribution >= 4 is 50.8 Å². The fourth-order valence-corrected chi connectivity index (χ4v) is 3.12. The second-order valence-electron chi connectivity index (χ2n) is 4.70. The summed E-state index contributed by atoms with van der Waals surface area (Å²) < 4.78 is 1.01. The van der Waals surface area contributed by atoms with E-state index in [1.165, 1.54) is 0 Å². The zero-order chi connectivity index (χ0) is 15.0. The lowest BCUT2D eigenvalue weighted by molar-refractivity contribution is 0.769. The lowest BCUT2D eigenvalue weighted by atomic mass is 10.1. The van der Waals surface area contributed by atoms with Gasteiger partial charge in [0, 0.05) is 10.2 Å². The highest BCUT2D eigenvalue weighted by molar-refractivity contribution is 9.10. The van der Waals surface area contributed by atoms with E-state index in [1.807, 2.05) is 41.3 Å². The van der Waals surface area contributed by atoms with Crippen molar-refractivity contribution < 1.29 is 0 Å². The number of guanidine groups is 1. The van der Waals surface area contributed by atoms with Gasteiger partial charge in [-0.25, -0.2) is 0 Å². The maximum Gasteiger partial charge on any atom is 0.196 e. The highest BCUT2D eigenvalue weighted by atomic mass is 79.9. The third kappa shape index (κ3) is 2.76. The van der Waals surface area contributed by atoms with Gasteiger partial charge in [0.05, 0.1) is 22.6 Å². The van der Waals surface area contributed by atoms with Crippen LogP contribution in [0.5, 0.6) is 0 Å². The van der Waals surface area contributed by atoms with E-state index in [1.54, 1.807) is 6.07 Å². The van der Waals surface area contributed by atoms with Crippen LogP contribution in [0.15, 0.2) is 51.9 Å². The standard InChI is InChI=1S/C15H12BrCl2N3/c16-9-4-6-10(7-5-9)21-13(8-20-15(21)19)11-2-1-3-12(17)14(11)18/h1-7,13H,8H2,(H2,19,20). The third-order valence-electron chi connectivity index (χ3n) is 3.43. The molecule has 1 heterocycles. The largest absolute Gasteiger partial charge is 0.369 e. The van der Waals surface area contributed by atoms with Crippen LogP contribution in [0.2, 0.25) is 10.0 Å². The molecule has 0 fully saturated rings. The first-order valence-corrected chi connectivity index (χ1v) is 7.91. The molecule has 3 nitrogen and oxygen atoms in total. The first-order valence-electron chi connectivity index (χ1n) is 6.36. The van der Waals surface area contributed by atoms with E-state index in [0.29, 0.717) is 22.5 Å². The van der Waals surface area contributed by atoms with Crippen LogP contribution in [-0.2, 0) is 0 Å². The minimum absolute atomic E-state index is 0.0441. The second-order valence-corrected chi connectivity index (χ2v) is 6.40. The van der Waals surface area contributed by atoms with Gasteiger partial charge in [0.25, 0.3) is 0 Å². The second kappa shape index (κ2) is 5.87. The van der Waals surface area contributed by atoms with Gasteiger partial charge in [-0.3, -0.25) is 4.99 Å². The average molecular weight is 385 g/mol. The van der Waals surface area contributed by atoms with Gasteiger partial charge >= 0.3 is 0 Å². The molecule has 21 heavy (non-hydrogen) atoms. The minimum atomic E-state index is -0.0441. The Labute approximate surface area is 141 Å². The molecular weight excluding hydrogens is 373 g/mol. The smallest absolute Gasteiger partial charge is 0.196 e. The molecule has 1 aliphatic heterocycles. The average Bonchev–Trinajstić information content (AvgIpc) is 2.85. The fraction of sp³-hybridized carbons (Fsp3) is 0.133. The van der Waals surface area contributed by atoms with Crippen molar-refractivity contribution in [2.45, 2.75) is 6.04 Å². The molecule has 0 radical (unpaired) electrons. The summed E-state index contributed by atoms with van der Waals surface area (Å²) in [6.07, 6.45) is 0. The number of aliphatic imine (C=N–C) groups is 1. The van der Waals surface area contributed by atoms with Crippen molar-refractivity contribution in [2.24, 2.45) is 10.7 Å². The van der Waals surface area contributed by atoms with Crippen LogP contribution < -0.4 is 10.6 Å². The van der Waals surface area contributed by atoms with Gasteiger partial charge in [-0.2, -0.15) is 0 Å². The summed E-state index contributed by atoms with van der Waals surface area (Å²) >= 11 is 15.9. The van der Waals surface area contributed by atoms with Gasteiger partial charge in [0.15, 0.2) is 5.96 Å². The number of hydrogen-bond donors (Lipinski definition) is 1. The van der Waals surface area contributed by atoms with E-state index in [2.05, 4.69) is 20.9 Å². The molecule has 0 aliphatic carbocycles. The minimum Gasteiger partial charge on any atom is -0.369 e. The van der Waals surface area contributed by atoms with Crippen LogP contribution >= 0.6 is 39.1 Å². The molecule has 1 aliphatic rings. The molecule has 0 spiro atoms. The predicted octanol–water partition coefficient (Wildman–Crippen LogP) is 4.63. The SMILES string of the molecule is NC1=NCC(c2cccc(Cl)c2Cl)N1c1ccc(Br)cc1. The summed E-state index contributed by atoms with van der Waals surface area (Å²) in [5.74, 6) is 0.485. The van der Waals surface area contributed by atoms with E-state index >= 15 is 0 Å². The zero-order valence-corrected chi connectivity index (χ0v) is 14.0. The molecule has 0 saturated carbocycles. The lowest BCUT2D eigenvalue weighted by Crippen LogP contribution is -2.36. The van der Waals surface area contributed by atoms with E-state index in [4.69, 9.17) is 28.9 Å². The Morgan fingerprint density at radius 1 is 1.14 bits per heavy atom. The van der Waals surface area contributed by atoms with Crippen molar-refractivity contribution in [1.29, 1.82) is 0 Å². The molecule has 3 rings (SSSR count). The number of benzene rings is 2. The quantitative estimate of drug-likeness (QED) is 0.819. The van der Waals surface area contributed by atoms with Crippen LogP contribution in [0.1, 0.15) is 11.6 Å². The van der Waals surface area contributed by atoms with Crippen molar-refractivity contribution in [3.63, 3.8) is 0 Å². The highest BCUT2D eigenvalue weighted by Gasteiger charge is 2.30. The lowest BCUT2D eigenvalue weighted by Gasteiger charge is -2.27. The monoisotopic (exact) mass is 383 g/mol. The molecule has 0 amide bonds. The number of nitrogens with two attached hydrogens (primary N) is 1. The van der Waals surface area contributed by atoms with Crippen LogP contribution in [0.4, 0.5) is 5.69 Å². The van der Waals surface area contributed by atoms with Gasteiger partial charge in [-0.1, -0.05) is 51.3 Å². The Balaban J connectivity index is 2.03. The summed E-state index contributed by atoms with van der Waals surface area (Å²) in [6, 6.07) is 13.5. The van der Waals surface area contributed by atoms with Crippen molar-refractivity contribution in [2.75, 3.05) is 11.4 Å². The maximum absolute atomic E-state index is 6.34. The molecule has 2 aromatic rings. The van der Waals surface area contributed by atoms with Gasteiger partial charge in [0.2, 0.25) is 0 Å². The topological polar surface area (TPSA) is 41.6 Å². The predicted molar refractivity (Wildman–Crippen MR) is 92.3 cm³/mol. The number of rotatable bonds is 2. The number of halogens is 3. The number of anilines is 1. The number of nitrogens with zero attached hydrogens (tertiary/aromatic N) is 2. The van der Waals surface area contributed by atoms with E-state index in [9.17, 15) is 0 Å². The number of hydrogen-bond acceptors (Lipinski definition) is 3. The van der Waals surface area contributed by atoms with Crippen molar-refractivity contribution in [3.05, 3.63) is 62.5 Å². The molecule has 6 heteroatoms. The van der Waals surface area contributed by atoms with Crippen LogP contribution in [0.3, 0.4) is 0 Å². The molecule has 1 atom stereocenters. The Hall–Kier alpha value is -1.23. The summed E-state index contributed by atoms with van der Waals surface area (Å²) in [6.45, 7) is 0.557. The van der Waals surface area contributed by atoms with Gasteiger partial charge in [0.1, 0.15) is 0 Å². The Kier molecular flexibility index (Phi) is 4.11. The van der Waals surface area contributed by atoms with Gasteiger partial charge in [-0.15, -0.1) is 0 Å².